The number of benzene rings is 1. The zero-order valence-electron chi connectivity index (χ0n) is 13.5. The third kappa shape index (κ3) is 4.75. The van der Waals surface area contributed by atoms with E-state index in [9.17, 15) is 4.79 Å². The average molecular weight is 408 g/mol. The molecule has 1 aromatic carbocycles. The van der Waals surface area contributed by atoms with Gasteiger partial charge < -0.3 is 20.5 Å². The van der Waals surface area contributed by atoms with Gasteiger partial charge in [0.05, 0.1) is 24.2 Å². The molecule has 0 aromatic heterocycles. The molecule has 1 saturated carbocycles. The molecule has 3 N–H and O–H groups in total. The molecule has 1 fully saturated rings. The van der Waals surface area contributed by atoms with Gasteiger partial charge in [-0.15, -0.1) is 12.4 Å². The molecule has 0 aliphatic heterocycles. The predicted molar refractivity (Wildman–Crippen MR) is 96.3 cm³/mol. The highest BCUT2D eigenvalue weighted by molar-refractivity contribution is 9.10. The van der Waals surface area contributed by atoms with Gasteiger partial charge >= 0.3 is 0 Å². The first kappa shape index (κ1) is 20.1. The summed E-state index contributed by atoms with van der Waals surface area (Å²) in [5, 5.41) is 2.94. The van der Waals surface area contributed by atoms with Gasteiger partial charge in [-0.2, -0.15) is 0 Å². The van der Waals surface area contributed by atoms with Crippen molar-refractivity contribution in [2.75, 3.05) is 14.2 Å². The van der Waals surface area contributed by atoms with Gasteiger partial charge in [0.25, 0.3) is 0 Å². The van der Waals surface area contributed by atoms with Gasteiger partial charge in [0.1, 0.15) is 0 Å². The molecule has 7 heteroatoms. The smallest absolute Gasteiger partial charge is 0.240 e. The van der Waals surface area contributed by atoms with Crippen LogP contribution in [0.5, 0.6) is 11.5 Å². The van der Waals surface area contributed by atoms with E-state index in [1.54, 1.807) is 14.2 Å². The normalized spacial score (nSPS) is 16.2. The van der Waals surface area contributed by atoms with E-state index < -0.39 is 5.54 Å². The van der Waals surface area contributed by atoms with Crippen LogP contribution in [0.2, 0.25) is 0 Å². The summed E-state index contributed by atoms with van der Waals surface area (Å²) in [5.74, 6) is 1.19. The van der Waals surface area contributed by atoms with Crippen LogP contribution in [0.4, 0.5) is 0 Å². The van der Waals surface area contributed by atoms with Crippen LogP contribution in [0.1, 0.15) is 37.7 Å². The second-order valence-electron chi connectivity index (χ2n) is 5.71. The Morgan fingerprint density at radius 2 is 1.91 bits per heavy atom. The summed E-state index contributed by atoms with van der Waals surface area (Å²) in [4.78, 5) is 12.4. The second kappa shape index (κ2) is 8.76. The van der Waals surface area contributed by atoms with Crippen molar-refractivity contribution in [1.29, 1.82) is 0 Å². The SMILES string of the molecule is COc1cc(CNC(=O)C2(N)CCCCC2)cc(Br)c1OC.Cl. The molecule has 1 aliphatic rings. The number of carbonyl (C=O) groups excluding carboxylic acids is 1. The molecule has 0 bridgehead atoms. The van der Waals surface area contributed by atoms with Crippen molar-refractivity contribution in [2.45, 2.75) is 44.2 Å². The molecule has 130 valence electrons. The standard InChI is InChI=1S/C16H23BrN2O3.ClH/c1-21-13-9-11(8-12(17)14(13)22-2)10-19-15(20)16(18)6-4-3-5-7-16;/h8-9H,3-7,10,18H2,1-2H3,(H,19,20);1H. The highest BCUT2D eigenvalue weighted by atomic mass is 79.9. The Bertz CT molecular complexity index is 548. The number of nitrogens with two attached hydrogens (primary N) is 1. The van der Waals surface area contributed by atoms with Crippen LogP contribution >= 0.6 is 28.3 Å². The van der Waals surface area contributed by atoms with Gasteiger partial charge in [-0.3, -0.25) is 4.79 Å². The van der Waals surface area contributed by atoms with Crippen LogP contribution < -0.4 is 20.5 Å². The average Bonchev–Trinajstić information content (AvgIpc) is 2.52. The summed E-state index contributed by atoms with van der Waals surface area (Å²) in [5.41, 5.74) is 6.44. The van der Waals surface area contributed by atoms with Gasteiger partial charge in [-0.05, 0) is 46.5 Å². The monoisotopic (exact) mass is 406 g/mol. The number of carbonyl (C=O) groups is 1. The van der Waals surface area contributed by atoms with E-state index in [1.807, 2.05) is 12.1 Å². The van der Waals surface area contributed by atoms with Gasteiger partial charge in [0.2, 0.25) is 5.91 Å². The van der Waals surface area contributed by atoms with E-state index in [4.69, 9.17) is 15.2 Å². The van der Waals surface area contributed by atoms with E-state index >= 15 is 0 Å². The van der Waals surface area contributed by atoms with Crippen molar-refractivity contribution in [3.63, 3.8) is 0 Å². The fraction of sp³-hybridized carbons (Fsp3) is 0.562. The Morgan fingerprint density at radius 3 is 2.48 bits per heavy atom. The number of nitrogens with one attached hydrogen (secondary N) is 1. The largest absolute Gasteiger partial charge is 0.493 e. The van der Waals surface area contributed by atoms with Crippen molar-refractivity contribution < 1.29 is 14.3 Å². The lowest BCUT2D eigenvalue weighted by Crippen LogP contribution is -2.54. The molecule has 1 amide bonds. The van der Waals surface area contributed by atoms with Crippen LogP contribution in [-0.2, 0) is 11.3 Å². The summed E-state index contributed by atoms with van der Waals surface area (Å²) in [7, 11) is 3.18. The quantitative estimate of drug-likeness (QED) is 0.786. The number of rotatable bonds is 5. The van der Waals surface area contributed by atoms with Crippen LogP contribution in [0.15, 0.2) is 16.6 Å². The Labute approximate surface area is 151 Å². The van der Waals surface area contributed by atoms with Gasteiger partial charge in [-0.25, -0.2) is 0 Å². The first-order valence-corrected chi connectivity index (χ1v) is 8.27. The summed E-state index contributed by atoms with van der Waals surface area (Å²) in [6.07, 6.45) is 4.72. The fourth-order valence-corrected chi connectivity index (χ4v) is 3.49. The van der Waals surface area contributed by atoms with Crippen molar-refractivity contribution in [1.82, 2.24) is 5.32 Å². The Kier molecular flexibility index (Phi) is 7.64. The van der Waals surface area contributed by atoms with Crippen molar-refractivity contribution in [3.8, 4) is 11.5 Å². The maximum atomic E-state index is 12.4. The molecular formula is C16H24BrClN2O3. The van der Waals surface area contributed by atoms with Crippen molar-refractivity contribution in [2.24, 2.45) is 5.73 Å². The highest BCUT2D eigenvalue weighted by Gasteiger charge is 2.34. The summed E-state index contributed by atoms with van der Waals surface area (Å²) in [6, 6.07) is 3.76. The fourth-order valence-electron chi connectivity index (χ4n) is 2.84. The number of halogens is 2. The second-order valence-corrected chi connectivity index (χ2v) is 6.57. The first-order valence-electron chi connectivity index (χ1n) is 7.48. The molecular weight excluding hydrogens is 384 g/mol. The minimum Gasteiger partial charge on any atom is -0.493 e. The van der Waals surface area contributed by atoms with E-state index in [-0.39, 0.29) is 18.3 Å². The third-order valence-electron chi connectivity index (χ3n) is 4.14. The summed E-state index contributed by atoms with van der Waals surface area (Å²) in [6.45, 7) is 0.413. The Morgan fingerprint density at radius 1 is 1.26 bits per heavy atom. The topological polar surface area (TPSA) is 73.6 Å². The van der Waals surface area contributed by atoms with E-state index in [0.717, 1.165) is 42.1 Å². The molecule has 2 rings (SSSR count). The molecule has 5 nitrogen and oxygen atoms in total. The molecule has 0 atom stereocenters. The lowest BCUT2D eigenvalue weighted by molar-refractivity contribution is -0.127. The van der Waals surface area contributed by atoms with Crippen LogP contribution in [0.3, 0.4) is 0 Å². The lowest BCUT2D eigenvalue weighted by atomic mass is 9.82. The van der Waals surface area contributed by atoms with E-state index in [2.05, 4.69) is 21.2 Å². The minimum atomic E-state index is -0.716. The first-order chi connectivity index (χ1) is 10.5. The molecule has 1 aliphatic carbocycles. The summed E-state index contributed by atoms with van der Waals surface area (Å²) >= 11 is 3.45. The molecule has 0 spiro atoms. The van der Waals surface area contributed by atoms with Crippen LogP contribution in [-0.4, -0.2) is 25.7 Å². The number of ether oxygens (including phenoxy) is 2. The molecule has 0 radical (unpaired) electrons. The zero-order chi connectivity index (χ0) is 16.2. The van der Waals surface area contributed by atoms with Crippen molar-refractivity contribution in [3.05, 3.63) is 22.2 Å². The van der Waals surface area contributed by atoms with Gasteiger partial charge in [0.15, 0.2) is 11.5 Å². The Hall–Kier alpha value is -0.980. The summed E-state index contributed by atoms with van der Waals surface area (Å²) < 4.78 is 11.4. The number of hydrogen-bond donors (Lipinski definition) is 2. The molecule has 0 saturated heterocycles. The van der Waals surface area contributed by atoms with E-state index in [0.29, 0.717) is 18.0 Å². The zero-order valence-corrected chi connectivity index (χ0v) is 15.9. The molecule has 1 aromatic rings. The van der Waals surface area contributed by atoms with Gasteiger partial charge in [0, 0.05) is 6.54 Å². The maximum Gasteiger partial charge on any atom is 0.240 e. The third-order valence-corrected chi connectivity index (χ3v) is 4.73. The van der Waals surface area contributed by atoms with Gasteiger partial charge in [-0.1, -0.05) is 19.3 Å². The minimum absolute atomic E-state index is 0. The number of hydrogen-bond acceptors (Lipinski definition) is 4. The molecule has 23 heavy (non-hydrogen) atoms. The lowest BCUT2D eigenvalue weighted by Gasteiger charge is -2.31. The van der Waals surface area contributed by atoms with Crippen LogP contribution in [0.25, 0.3) is 0 Å². The molecule has 0 unspecified atom stereocenters. The molecule has 0 heterocycles. The van der Waals surface area contributed by atoms with Crippen LogP contribution in [0, 0.1) is 0 Å². The predicted octanol–water partition coefficient (Wildman–Crippen LogP) is 3.17. The highest BCUT2D eigenvalue weighted by Crippen LogP contribution is 2.36. The van der Waals surface area contributed by atoms with E-state index in [1.165, 1.54) is 0 Å². The number of methoxy groups -OCH3 is 2. The maximum absolute atomic E-state index is 12.4. The number of amides is 1. The Balaban J connectivity index is 0.00000264. The van der Waals surface area contributed by atoms with Crippen molar-refractivity contribution >= 4 is 34.2 Å².